The van der Waals surface area contributed by atoms with Crippen LogP contribution in [0.2, 0.25) is 5.02 Å². The first-order valence-corrected chi connectivity index (χ1v) is 5.24. The van der Waals surface area contributed by atoms with Gasteiger partial charge in [-0.05, 0) is 6.54 Å². The van der Waals surface area contributed by atoms with Crippen LogP contribution in [0.25, 0.3) is 0 Å². The molecule has 0 saturated carbocycles. The van der Waals surface area contributed by atoms with Gasteiger partial charge in [-0.15, -0.1) is 0 Å². The van der Waals surface area contributed by atoms with E-state index in [1.807, 2.05) is 0 Å². The largest absolute Gasteiger partial charge is 0.493 e. The van der Waals surface area contributed by atoms with E-state index in [0.29, 0.717) is 23.6 Å². The van der Waals surface area contributed by atoms with E-state index >= 15 is 0 Å². The van der Waals surface area contributed by atoms with Crippen LogP contribution in [-0.4, -0.2) is 20.8 Å². The Balaban J connectivity index is 3.46. The second kappa shape index (κ2) is 5.37. The number of rotatable bonds is 4. The minimum Gasteiger partial charge on any atom is -0.493 e. The molecule has 0 aliphatic heterocycles. The van der Waals surface area contributed by atoms with E-state index in [1.165, 1.54) is 20.3 Å². The predicted octanol–water partition coefficient (Wildman–Crippen LogP) is 2.56. The van der Waals surface area contributed by atoms with Gasteiger partial charge in [0.05, 0.1) is 19.2 Å². The molecule has 0 spiro atoms. The number of benzene rings is 1. The van der Waals surface area contributed by atoms with Gasteiger partial charge in [0.1, 0.15) is 5.82 Å². The van der Waals surface area contributed by atoms with Gasteiger partial charge in [0, 0.05) is 17.5 Å². The summed E-state index contributed by atoms with van der Waals surface area (Å²) in [5, 5.41) is 0.00736. The highest BCUT2D eigenvalue weighted by Gasteiger charge is 2.22. The van der Waals surface area contributed by atoms with Crippen molar-refractivity contribution < 1.29 is 13.9 Å². The van der Waals surface area contributed by atoms with Crippen LogP contribution in [0, 0.1) is 5.82 Å². The minimum absolute atomic E-state index is 0.00736. The van der Waals surface area contributed by atoms with Crippen molar-refractivity contribution in [3.05, 3.63) is 22.5 Å². The van der Waals surface area contributed by atoms with Crippen molar-refractivity contribution in [3.8, 4) is 11.5 Å². The van der Waals surface area contributed by atoms with E-state index < -0.39 is 5.82 Å². The van der Waals surface area contributed by atoms with Crippen LogP contribution in [0.15, 0.2) is 6.07 Å². The normalized spacial score (nSPS) is 12.4. The topological polar surface area (TPSA) is 44.5 Å². The molecule has 16 heavy (non-hydrogen) atoms. The standard InChI is InChI=1S/C11H15ClFNO2/c1-6(5-14)9-10(13)7(12)4-8(15-2)11(9)16-3/h4,6H,5,14H2,1-3H3. The van der Waals surface area contributed by atoms with Crippen LogP contribution < -0.4 is 15.2 Å². The number of hydrogen-bond donors (Lipinski definition) is 1. The van der Waals surface area contributed by atoms with Gasteiger partial charge in [-0.25, -0.2) is 4.39 Å². The molecule has 1 aromatic carbocycles. The Hall–Kier alpha value is -1.00. The summed E-state index contributed by atoms with van der Waals surface area (Å²) in [6.07, 6.45) is 0. The van der Waals surface area contributed by atoms with Gasteiger partial charge >= 0.3 is 0 Å². The number of ether oxygens (including phenoxy) is 2. The molecule has 0 amide bonds. The average Bonchev–Trinajstić information content (AvgIpc) is 2.30. The average molecular weight is 248 g/mol. The Kier molecular flexibility index (Phi) is 4.38. The predicted molar refractivity (Wildman–Crippen MR) is 62.0 cm³/mol. The van der Waals surface area contributed by atoms with Crippen LogP contribution in [0.1, 0.15) is 18.4 Å². The quantitative estimate of drug-likeness (QED) is 0.889. The zero-order valence-corrected chi connectivity index (χ0v) is 10.3. The summed E-state index contributed by atoms with van der Waals surface area (Å²) < 4.78 is 24.1. The first-order chi connectivity index (χ1) is 7.56. The molecule has 3 nitrogen and oxygen atoms in total. The lowest BCUT2D eigenvalue weighted by molar-refractivity contribution is 0.346. The van der Waals surface area contributed by atoms with Gasteiger partial charge in [-0.1, -0.05) is 18.5 Å². The molecule has 0 aliphatic carbocycles. The maximum absolute atomic E-state index is 13.9. The molecular formula is C11H15ClFNO2. The Bertz CT molecular complexity index is 385. The van der Waals surface area contributed by atoms with E-state index in [1.54, 1.807) is 6.92 Å². The molecule has 90 valence electrons. The SMILES string of the molecule is COc1cc(Cl)c(F)c(C(C)CN)c1OC. The molecule has 0 bridgehead atoms. The van der Waals surface area contributed by atoms with Crippen molar-refractivity contribution in [2.75, 3.05) is 20.8 Å². The number of methoxy groups -OCH3 is 2. The first-order valence-electron chi connectivity index (χ1n) is 4.86. The summed E-state index contributed by atoms with van der Waals surface area (Å²) in [4.78, 5) is 0. The fourth-order valence-electron chi connectivity index (χ4n) is 1.53. The zero-order valence-electron chi connectivity index (χ0n) is 9.51. The maximum atomic E-state index is 13.9. The molecule has 1 atom stereocenters. The number of halogens is 2. The summed E-state index contributed by atoms with van der Waals surface area (Å²) in [5.74, 6) is 0.0615. The minimum atomic E-state index is -0.503. The van der Waals surface area contributed by atoms with E-state index in [2.05, 4.69) is 0 Å². The highest BCUT2D eigenvalue weighted by atomic mass is 35.5. The molecule has 0 saturated heterocycles. The number of nitrogens with two attached hydrogens (primary N) is 1. The Labute approximate surface area is 99.3 Å². The second-order valence-corrected chi connectivity index (χ2v) is 3.87. The third-order valence-corrected chi connectivity index (χ3v) is 2.72. The summed E-state index contributed by atoms with van der Waals surface area (Å²) in [6, 6.07) is 1.39. The highest BCUT2D eigenvalue weighted by molar-refractivity contribution is 6.31. The van der Waals surface area contributed by atoms with Crippen LogP contribution in [0.5, 0.6) is 11.5 Å². The lowest BCUT2D eigenvalue weighted by Crippen LogP contribution is -2.12. The van der Waals surface area contributed by atoms with Crippen LogP contribution in [-0.2, 0) is 0 Å². The Morgan fingerprint density at radius 1 is 1.44 bits per heavy atom. The number of hydrogen-bond acceptors (Lipinski definition) is 3. The first kappa shape index (κ1) is 13.1. The molecule has 0 aromatic heterocycles. The van der Waals surface area contributed by atoms with Crippen LogP contribution >= 0.6 is 11.6 Å². The summed E-state index contributed by atoms with van der Waals surface area (Å²) in [7, 11) is 2.93. The van der Waals surface area contributed by atoms with Gasteiger partial charge in [-0.2, -0.15) is 0 Å². The molecule has 0 radical (unpaired) electrons. The lowest BCUT2D eigenvalue weighted by atomic mass is 9.99. The second-order valence-electron chi connectivity index (χ2n) is 3.46. The highest BCUT2D eigenvalue weighted by Crippen LogP contribution is 2.40. The van der Waals surface area contributed by atoms with Crippen molar-refractivity contribution in [1.29, 1.82) is 0 Å². The van der Waals surface area contributed by atoms with Crippen molar-refractivity contribution in [2.45, 2.75) is 12.8 Å². The fraction of sp³-hybridized carbons (Fsp3) is 0.455. The summed E-state index contributed by atoms with van der Waals surface area (Å²) in [5.41, 5.74) is 5.89. The van der Waals surface area contributed by atoms with Gasteiger partial charge in [0.15, 0.2) is 11.5 Å². The molecule has 2 N–H and O–H groups in total. The zero-order chi connectivity index (χ0) is 12.3. The monoisotopic (exact) mass is 247 g/mol. The molecule has 0 aliphatic rings. The van der Waals surface area contributed by atoms with Crippen LogP contribution in [0.3, 0.4) is 0 Å². The van der Waals surface area contributed by atoms with Gasteiger partial charge < -0.3 is 15.2 Å². The molecule has 0 heterocycles. The molecule has 1 unspecified atom stereocenters. The van der Waals surface area contributed by atoms with Gasteiger partial charge in [-0.3, -0.25) is 0 Å². The van der Waals surface area contributed by atoms with E-state index in [0.717, 1.165) is 0 Å². The van der Waals surface area contributed by atoms with Crippen molar-refractivity contribution in [1.82, 2.24) is 0 Å². The molecular weight excluding hydrogens is 233 g/mol. The summed E-state index contributed by atoms with van der Waals surface area (Å²) in [6.45, 7) is 2.10. The Morgan fingerprint density at radius 3 is 2.50 bits per heavy atom. The maximum Gasteiger partial charge on any atom is 0.167 e. The molecule has 0 fully saturated rings. The van der Waals surface area contributed by atoms with Gasteiger partial charge in [0.2, 0.25) is 0 Å². The Morgan fingerprint density at radius 2 is 2.06 bits per heavy atom. The molecule has 1 aromatic rings. The fourth-order valence-corrected chi connectivity index (χ4v) is 1.73. The van der Waals surface area contributed by atoms with Crippen molar-refractivity contribution >= 4 is 11.6 Å². The molecule has 5 heteroatoms. The third kappa shape index (κ3) is 2.23. The van der Waals surface area contributed by atoms with Crippen molar-refractivity contribution in [2.24, 2.45) is 5.73 Å². The van der Waals surface area contributed by atoms with Crippen molar-refractivity contribution in [3.63, 3.8) is 0 Å². The smallest absolute Gasteiger partial charge is 0.167 e. The van der Waals surface area contributed by atoms with Crippen LogP contribution in [0.4, 0.5) is 4.39 Å². The third-order valence-electron chi connectivity index (χ3n) is 2.44. The summed E-state index contributed by atoms with van der Waals surface area (Å²) >= 11 is 5.78. The van der Waals surface area contributed by atoms with E-state index in [9.17, 15) is 4.39 Å². The van der Waals surface area contributed by atoms with E-state index in [4.69, 9.17) is 26.8 Å². The molecule has 1 rings (SSSR count). The lowest BCUT2D eigenvalue weighted by Gasteiger charge is -2.18. The van der Waals surface area contributed by atoms with Gasteiger partial charge in [0.25, 0.3) is 0 Å². The van der Waals surface area contributed by atoms with E-state index in [-0.39, 0.29) is 10.9 Å².